The van der Waals surface area contributed by atoms with Crippen molar-refractivity contribution in [2.24, 2.45) is 0 Å². The molecule has 0 bridgehead atoms. The quantitative estimate of drug-likeness (QED) is 0.887. The van der Waals surface area contributed by atoms with Crippen LogP contribution in [0.25, 0.3) is 0 Å². The van der Waals surface area contributed by atoms with Gasteiger partial charge < -0.3 is 19.3 Å². The van der Waals surface area contributed by atoms with Gasteiger partial charge in [0.05, 0.1) is 32.4 Å². The van der Waals surface area contributed by atoms with Gasteiger partial charge in [-0.1, -0.05) is 0 Å². The third-order valence-electron chi connectivity index (χ3n) is 2.92. The van der Waals surface area contributed by atoms with Crippen LogP contribution in [0.1, 0.15) is 16.7 Å². The molecule has 5 nitrogen and oxygen atoms in total. The fourth-order valence-corrected chi connectivity index (χ4v) is 2.59. The number of nitrogens with zero attached hydrogens (tertiary/aromatic N) is 1. The fraction of sp³-hybridized carbons (Fsp3) is 0.357. The first-order valence-electron chi connectivity index (χ1n) is 6.06. The van der Waals surface area contributed by atoms with Crippen LogP contribution in [-0.2, 0) is 6.42 Å². The molecule has 1 N–H and O–H groups in total. The lowest BCUT2D eigenvalue weighted by molar-refractivity contribution is 0.177. The van der Waals surface area contributed by atoms with Crippen LogP contribution < -0.4 is 14.2 Å². The summed E-state index contributed by atoms with van der Waals surface area (Å²) in [6, 6.07) is 3.50. The summed E-state index contributed by atoms with van der Waals surface area (Å²) < 4.78 is 15.8. The molecule has 20 heavy (non-hydrogen) atoms. The van der Waals surface area contributed by atoms with E-state index in [4.69, 9.17) is 14.2 Å². The SMILES string of the molecule is COc1cc(C(O)Cc2nccs2)cc(OC)c1OC. The molecule has 1 aromatic heterocycles. The van der Waals surface area contributed by atoms with Crippen LogP contribution in [0.15, 0.2) is 23.7 Å². The first-order chi connectivity index (χ1) is 9.69. The number of methoxy groups -OCH3 is 3. The number of thiazole rings is 1. The van der Waals surface area contributed by atoms with E-state index in [1.165, 1.54) is 11.3 Å². The molecule has 6 heteroatoms. The van der Waals surface area contributed by atoms with Crippen molar-refractivity contribution in [2.45, 2.75) is 12.5 Å². The molecule has 0 saturated heterocycles. The standard InChI is InChI=1S/C14H17NO4S/c1-17-11-6-9(7-12(18-2)14(11)19-3)10(16)8-13-15-4-5-20-13/h4-7,10,16H,8H2,1-3H3. The number of benzene rings is 1. The lowest BCUT2D eigenvalue weighted by Gasteiger charge is -2.16. The molecular weight excluding hydrogens is 278 g/mol. The molecule has 0 aliphatic carbocycles. The number of aliphatic hydroxyl groups excluding tert-OH is 1. The smallest absolute Gasteiger partial charge is 0.203 e. The van der Waals surface area contributed by atoms with Crippen LogP contribution in [0, 0.1) is 0 Å². The first kappa shape index (κ1) is 14.6. The van der Waals surface area contributed by atoms with E-state index in [1.54, 1.807) is 39.7 Å². The van der Waals surface area contributed by atoms with Gasteiger partial charge >= 0.3 is 0 Å². The number of aliphatic hydroxyl groups is 1. The zero-order valence-electron chi connectivity index (χ0n) is 11.6. The monoisotopic (exact) mass is 295 g/mol. The highest BCUT2D eigenvalue weighted by molar-refractivity contribution is 7.09. The Kier molecular flexibility index (Phi) is 4.81. The van der Waals surface area contributed by atoms with Gasteiger partial charge in [0.15, 0.2) is 11.5 Å². The second-order valence-electron chi connectivity index (χ2n) is 4.10. The minimum atomic E-state index is -0.671. The minimum Gasteiger partial charge on any atom is -0.493 e. The Balaban J connectivity index is 2.31. The average molecular weight is 295 g/mol. The molecule has 1 atom stereocenters. The van der Waals surface area contributed by atoms with Gasteiger partial charge in [0, 0.05) is 18.0 Å². The van der Waals surface area contributed by atoms with E-state index in [-0.39, 0.29) is 0 Å². The van der Waals surface area contributed by atoms with Crippen molar-refractivity contribution < 1.29 is 19.3 Å². The van der Waals surface area contributed by atoms with E-state index in [1.807, 2.05) is 5.38 Å². The topological polar surface area (TPSA) is 60.8 Å². The molecule has 0 amide bonds. The molecule has 0 aliphatic rings. The Hall–Kier alpha value is -1.79. The van der Waals surface area contributed by atoms with Crippen LogP contribution in [0.2, 0.25) is 0 Å². The Morgan fingerprint density at radius 1 is 1.15 bits per heavy atom. The lowest BCUT2D eigenvalue weighted by atomic mass is 10.1. The number of ether oxygens (including phenoxy) is 3. The fourth-order valence-electron chi connectivity index (χ4n) is 1.93. The van der Waals surface area contributed by atoms with Gasteiger partial charge in [0.1, 0.15) is 0 Å². The van der Waals surface area contributed by atoms with E-state index in [2.05, 4.69) is 4.98 Å². The van der Waals surface area contributed by atoms with Crippen molar-refractivity contribution in [3.8, 4) is 17.2 Å². The maximum Gasteiger partial charge on any atom is 0.203 e. The first-order valence-corrected chi connectivity index (χ1v) is 6.94. The Labute approximate surface area is 121 Å². The third kappa shape index (κ3) is 3.02. The molecule has 1 heterocycles. The molecule has 1 aromatic carbocycles. The summed E-state index contributed by atoms with van der Waals surface area (Å²) >= 11 is 1.52. The zero-order chi connectivity index (χ0) is 14.5. The summed E-state index contributed by atoms with van der Waals surface area (Å²) in [6.45, 7) is 0. The zero-order valence-corrected chi connectivity index (χ0v) is 12.4. The lowest BCUT2D eigenvalue weighted by Crippen LogP contribution is -2.04. The highest BCUT2D eigenvalue weighted by atomic mass is 32.1. The summed E-state index contributed by atoms with van der Waals surface area (Å²) in [4.78, 5) is 4.17. The van der Waals surface area contributed by atoms with E-state index >= 15 is 0 Å². The third-order valence-corrected chi connectivity index (χ3v) is 3.73. The molecule has 0 spiro atoms. The van der Waals surface area contributed by atoms with E-state index in [0.29, 0.717) is 29.2 Å². The van der Waals surface area contributed by atoms with Crippen molar-refractivity contribution in [3.63, 3.8) is 0 Å². The largest absolute Gasteiger partial charge is 0.493 e. The van der Waals surface area contributed by atoms with Gasteiger partial charge in [0.2, 0.25) is 5.75 Å². The molecular formula is C14H17NO4S. The maximum atomic E-state index is 10.3. The van der Waals surface area contributed by atoms with Crippen LogP contribution in [0.5, 0.6) is 17.2 Å². The van der Waals surface area contributed by atoms with Gasteiger partial charge in [-0.25, -0.2) is 4.98 Å². The van der Waals surface area contributed by atoms with Gasteiger partial charge in [0.25, 0.3) is 0 Å². The number of hydrogen-bond donors (Lipinski definition) is 1. The predicted molar refractivity (Wildman–Crippen MR) is 76.9 cm³/mol. The molecule has 0 fully saturated rings. The molecule has 0 radical (unpaired) electrons. The number of rotatable bonds is 6. The maximum absolute atomic E-state index is 10.3. The Morgan fingerprint density at radius 3 is 2.25 bits per heavy atom. The van der Waals surface area contributed by atoms with Crippen LogP contribution >= 0.6 is 11.3 Å². The Morgan fingerprint density at radius 2 is 1.80 bits per heavy atom. The molecule has 108 valence electrons. The van der Waals surface area contributed by atoms with Crippen molar-refractivity contribution in [1.29, 1.82) is 0 Å². The highest BCUT2D eigenvalue weighted by Gasteiger charge is 2.18. The van der Waals surface area contributed by atoms with E-state index in [9.17, 15) is 5.11 Å². The van der Waals surface area contributed by atoms with Crippen LogP contribution in [0.4, 0.5) is 0 Å². The molecule has 2 rings (SSSR count). The van der Waals surface area contributed by atoms with Crippen molar-refractivity contribution >= 4 is 11.3 Å². The number of hydrogen-bond acceptors (Lipinski definition) is 6. The molecule has 1 unspecified atom stereocenters. The summed E-state index contributed by atoms with van der Waals surface area (Å²) in [7, 11) is 4.65. The normalized spacial score (nSPS) is 12.0. The van der Waals surface area contributed by atoms with Gasteiger partial charge in [-0.3, -0.25) is 0 Å². The average Bonchev–Trinajstić information content (AvgIpc) is 2.98. The summed E-state index contributed by atoms with van der Waals surface area (Å²) in [5.41, 5.74) is 0.703. The minimum absolute atomic E-state index is 0.455. The summed E-state index contributed by atoms with van der Waals surface area (Å²) in [5, 5.41) is 13.1. The Bertz CT molecular complexity index is 531. The number of aromatic nitrogens is 1. The van der Waals surface area contributed by atoms with E-state index in [0.717, 1.165) is 5.01 Å². The van der Waals surface area contributed by atoms with Crippen LogP contribution in [-0.4, -0.2) is 31.4 Å². The highest BCUT2D eigenvalue weighted by Crippen LogP contribution is 2.40. The molecule has 0 aliphatic heterocycles. The van der Waals surface area contributed by atoms with Crippen LogP contribution in [0.3, 0.4) is 0 Å². The van der Waals surface area contributed by atoms with Gasteiger partial charge in [-0.15, -0.1) is 11.3 Å². The van der Waals surface area contributed by atoms with Crippen molar-refractivity contribution in [3.05, 3.63) is 34.3 Å². The summed E-state index contributed by atoms with van der Waals surface area (Å²) in [5.74, 6) is 1.57. The van der Waals surface area contributed by atoms with Crippen molar-refractivity contribution in [2.75, 3.05) is 21.3 Å². The van der Waals surface area contributed by atoms with Gasteiger partial charge in [-0.05, 0) is 17.7 Å². The predicted octanol–water partition coefficient (Wildman–Crippen LogP) is 2.45. The van der Waals surface area contributed by atoms with E-state index < -0.39 is 6.10 Å². The second-order valence-corrected chi connectivity index (χ2v) is 5.08. The van der Waals surface area contributed by atoms with Gasteiger partial charge in [-0.2, -0.15) is 0 Å². The van der Waals surface area contributed by atoms with Crippen molar-refractivity contribution in [1.82, 2.24) is 4.98 Å². The summed E-state index contributed by atoms with van der Waals surface area (Å²) in [6.07, 6.45) is 1.51. The molecule has 2 aromatic rings. The molecule has 0 saturated carbocycles. The second kappa shape index (κ2) is 6.58.